The first-order chi connectivity index (χ1) is 7.75. The number of imidazole rings is 2. The van der Waals surface area contributed by atoms with Gasteiger partial charge in [-0.3, -0.25) is 0 Å². The van der Waals surface area contributed by atoms with Crippen LogP contribution in [0.1, 0.15) is 12.1 Å². The van der Waals surface area contributed by atoms with Crippen LogP contribution in [-0.2, 0) is 13.5 Å². The molecule has 0 fully saturated rings. The van der Waals surface area contributed by atoms with Crippen molar-refractivity contribution in [2.24, 2.45) is 7.05 Å². The molecule has 0 radical (unpaired) electrons. The third-order valence-electron chi connectivity index (χ3n) is 2.38. The highest BCUT2D eigenvalue weighted by molar-refractivity contribution is 5.25. The van der Waals surface area contributed by atoms with E-state index >= 15 is 0 Å². The predicted octanol–water partition coefficient (Wildman–Crippen LogP) is 0.770. The first-order valence-corrected chi connectivity index (χ1v) is 5.26. The molecular formula is C10H16N6. The Morgan fingerprint density at radius 2 is 2.38 bits per heavy atom. The number of nitrogens with two attached hydrogens (primary N) is 1. The molecule has 4 N–H and O–H groups in total. The number of rotatable bonds is 5. The Kier molecular flexibility index (Phi) is 3.09. The number of aromatic nitrogens is 4. The summed E-state index contributed by atoms with van der Waals surface area (Å²) < 4.78 is 1.95. The van der Waals surface area contributed by atoms with Gasteiger partial charge in [-0.1, -0.05) is 0 Å². The quantitative estimate of drug-likeness (QED) is 0.650. The van der Waals surface area contributed by atoms with E-state index in [4.69, 9.17) is 5.73 Å². The Hall–Kier alpha value is -1.98. The van der Waals surface area contributed by atoms with E-state index in [1.807, 2.05) is 17.8 Å². The van der Waals surface area contributed by atoms with Gasteiger partial charge < -0.3 is 20.6 Å². The molecule has 6 nitrogen and oxygen atoms in total. The number of nitrogen functional groups attached to an aromatic ring is 1. The van der Waals surface area contributed by atoms with Crippen molar-refractivity contribution in [3.8, 4) is 0 Å². The maximum atomic E-state index is 5.48. The zero-order chi connectivity index (χ0) is 11.4. The molecule has 0 aromatic carbocycles. The Balaban J connectivity index is 1.71. The van der Waals surface area contributed by atoms with Crippen molar-refractivity contribution in [2.75, 3.05) is 17.6 Å². The second kappa shape index (κ2) is 4.69. The highest BCUT2D eigenvalue weighted by Crippen LogP contribution is 2.04. The summed E-state index contributed by atoms with van der Waals surface area (Å²) in [5, 5.41) is 3.26. The van der Waals surface area contributed by atoms with E-state index in [2.05, 4.69) is 20.3 Å². The minimum Gasteiger partial charge on any atom is -0.369 e. The molecule has 16 heavy (non-hydrogen) atoms. The number of hydrogen-bond donors (Lipinski definition) is 3. The van der Waals surface area contributed by atoms with E-state index in [9.17, 15) is 0 Å². The summed E-state index contributed by atoms with van der Waals surface area (Å²) in [4.78, 5) is 11.1. The van der Waals surface area contributed by atoms with Crippen molar-refractivity contribution in [3.05, 3.63) is 24.3 Å². The zero-order valence-electron chi connectivity index (χ0n) is 9.27. The van der Waals surface area contributed by atoms with E-state index in [-0.39, 0.29) is 0 Å². The van der Waals surface area contributed by atoms with Gasteiger partial charge in [0.25, 0.3) is 0 Å². The van der Waals surface area contributed by atoms with Gasteiger partial charge in [-0.05, 0) is 12.8 Å². The smallest absolute Gasteiger partial charge is 0.202 e. The number of nitrogens with zero attached hydrogens (tertiary/aromatic N) is 3. The van der Waals surface area contributed by atoms with Crippen LogP contribution < -0.4 is 11.1 Å². The first-order valence-electron chi connectivity index (χ1n) is 5.26. The summed E-state index contributed by atoms with van der Waals surface area (Å²) in [5.41, 5.74) is 6.55. The van der Waals surface area contributed by atoms with Crippen LogP contribution in [0.4, 0.5) is 11.9 Å². The third-order valence-corrected chi connectivity index (χ3v) is 2.38. The topological polar surface area (TPSA) is 84.6 Å². The Bertz CT molecular complexity index is 444. The van der Waals surface area contributed by atoms with Gasteiger partial charge in [0.15, 0.2) is 5.95 Å². The predicted molar refractivity (Wildman–Crippen MR) is 63.0 cm³/mol. The van der Waals surface area contributed by atoms with E-state index in [0.717, 1.165) is 31.0 Å². The monoisotopic (exact) mass is 220 g/mol. The number of anilines is 2. The van der Waals surface area contributed by atoms with Crippen LogP contribution >= 0.6 is 0 Å². The lowest BCUT2D eigenvalue weighted by Crippen LogP contribution is -2.07. The lowest BCUT2D eigenvalue weighted by Gasteiger charge is -2.04. The third kappa shape index (κ3) is 2.53. The van der Waals surface area contributed by atoms with Crippen LogP contribution in [0, 0.1) is 0 Å². The molecule has 2 heterocycles. The SMILES string of the molecule is Cn1ccnc1NCCCc1cnc(N)[nH]1. The molecule has 2 aromatic rings. The molecule has 6 heteroatoms. The van der Waals surface area contributed by atoms with E-state index in [1.165, 1.54) is 0 Å². The van der Waals surface area contributed by atoms with Crippen LogP contribution in [-0.4, -0.2) is 26.1 Å². The molecule has 0 aliphatic heterocycles. The fourth-order valence-electron chi connectivity index (χ4n) is 1.52. The number of hydrogen-bond acceptors (Lipinski definition) is 4. The molecule has 0 aliphatic carbocycles. The second-order valence-corrected chi connectivity index (χ2v) is 3.69. The molecule has 0 saturated heterocycles. The Morgan fingerprint density at radius 1 is 1.50 bits per heavy atom. The van der Waals surface area contributed by atoms with E-state index < -0.39 is 0 Å². The van der Waals surface area contributed by atoms with E-state index in [0.29, 0.717) is 5.95 Å². The minimum atomic E-state index is 0.479. The molecular weight excluding hydrogens is 204 g/mol. The minimum absolute atomic E-state index is 0.479. The van der Waals surface area contributed by atoms with Crippen molar-refractivity contribution < 1.29 is 0 Å². The van der Waals surface area contributed by atoms with Gasteiger partial charge in [0.1, 0.15) is 0 Å². The molecule has 0 bridgehead atoms. The maximum Gasteiger partial charge on any atom is 0.202 e. The number of nitrogens with one attached hydrogen (secondary N) is 2. The zero-order valence-corrected chi connectivity index (χ0v) is 9.27. The molecule has 0 saturated carbocycles. The summed E-state index contributed by atoms with van der Waals surface area (Å²) in [6, 6.07) is 0. The van der Waals surface area contributed by atoms with Gasteiger partial charge in [-0.2, -0.15) is 0 Å². The van der Waals surface area contributed by atoms with E-state index in [1.54, 1.807) is 12.4 Å². The average Bonchev–Trinajstić information content (AvgIpc) is 2.83. The number of aryl methyl sites for hydroxylation is 2. The maximum absolute atomic E-state index is 5.48. The summed E-state index contributed by atoms with van der Waals surface area (Å²) in [6.07, 6.45) is 7.40. The molecule has 0 spiro atoms. The lowest BCUT2D eigenvalue weighted by molar-refractivity contribution is 0.819. The van der Waals surface area contributed by atoms with Crippen LogP contribution in [0.5, 0.6) is 0 Å². The molecule has 86 valence electrons. The molecule has 0 unspecified atom stereocenters. The Morgan fingerprint density at radius 3 is 3.00 bits per heavy atom. The first kappa shape index (κ1) is 10.5. The van der Waals surface area contributed by atoms with Crippen LogP contribution in [0.3, 0.4) is 0 Å². The summed E-state index contributed by atoms with van der Waals surface area (Å²) >= 11 is 0. The normalized spacial score (nSPS) is 10.6. The summed E-state index contributed by atoms with van der Waals surface area (Å²) in [6.45, 7) is 0.879. The highest BCUT2D eigenvalue weighted by atomic mass is 15.2. The highest BCUT2D eigenvalue weighted by Gasteiger charge is 1.99. The van der Waals surface area contributed by atoms with Crippen LogP contribution in [0.2, 0.25) is 0 Å². The van der Waals surface area contributed by atoms with Crippen molar-refractivity contribution in [3.63, 3.8) is 0 Å². The number of aromatic amines is 1. The largest absolute Gasteiger partial charge is 0.369 e. The van der Waals surface area contributed by atoms with Gasteiger partial charge in [-0.25, -0.2) is 9.97 Å². The second-order valence-electron chi connectivity index (χ2n) is 3.69. The van der Waals surface area contributed by atoms with Gasteiger partial charge in [0, 0.05) is 31.7 Å². The number of H-pyrrole nitrogens is 1. The standard InChI is InChI=1S/C10H16N6/c1-16-6-5-13-10(16)12-4-2-3-8-7-14-9(11)15-8/h5-7H,2-4H2,1H3,(H,12,13)(H3,11,14,15). The van der Waals surface area contributed by atoms with Gasteiger partial charge >= 0.3 is 0 Å². The fourth-order valence-corrected chi connectivity index (χ4v) is 1.52. The van der Waals surface area contributed by atoms with Crippen LogP contribution in [0.25, 0.3) is 0 Å². The fraction of sp³-hybridized carbons (Fsp3) is 0.400. The molecule has 0 atom stereocenters. The van der Waals surface area contributed by atoms with Crippen molar-refractivity contribution in [1.82, 2.24) is 19.5 Å². The average molecular weight is 220 g/mol. The molecule has 0 amide bonds. The summed E-state index contributed by atoms with van der Waals surface area (Å²) in [5.74, 6) is 1.37. The summed E-state index contributed by atoms with van der Waals surface area (Å²) in [7, 11) is 1.96. The van der Waals surface area contributed by atoms with Gasteiger partial charge in [-0.15, -0.1) is 0 Å². The van der Waals surface area contributed by atoms with Gasteiger partial charge in [0.05, 0.1) is 6.20 Å². The molecule has 0 aliphatic rings. The van der Waals surface area contributed by atoms with Crippen molar-refractivity contribution in [2.45, 2.75) is 12.8 Å². The molecule has 2 rings (SSSR count). The molecule has 2 aromatic heterocycles. The Labute approximate surface area is 93.9 Å². The van der Waals surface area contributed by atoms with Gasteiger partial charge in [0.2, 0.25) is 5.95 Å². The van der Waals surface area contributed by atoms with Crippen LogP contribution in [0.15, 0.2) is 18.6 Å². The lowest BCUT2D eigenvalue weighted by atomic mass is 10.2. The van der Waals surface area contributed by atoms with Crippen molar-refractivity contribution in [1.29, 1.82) is 0 Å². The van der Waals surface area contributed by atoms with Crippen molar-refractivity contribution >= 4 is 11.9 Å².